The van der Waals surface area contributed by atoms with Crippen LogP contribution in [-0.4, -0.2) is 34.9 Å². The molecule has 0 saturated carbocycles. The first-order chi connectivity index (χ1) is 12.4. The Labute approximate surface area is 156 Å². The van der Waals surface area contributed by atoms with Gasteiger partial charge in [0, 0.05) is 24.9 Å². The molecule has 1 fully saturated rings. The van der Waals surface area contributed by atoms with Crippen molar-refractivity contribution in [2.45, 2.75) is 58.1 Å². The lowest BCUT2D eigenvalue weighted by Gasteiger charge is -2.29. The van der Waals surface area contributed by atoms with Crippen LogP contribution in [0.1, 0.15) is 45.6 Å². The number of benzene rings is 1. The molecule has 2 heterocycles. The van der Waals surface area contributed by atoms with Gasteiger partial charge in [0.25, 0.3) is 0 Å². The molecule has 3 rings (SSSR count). The predicted molar refractivity (Wildman–Crippen MR) is 105 cm³/mol. The number of allylic oxidation sites excluding steroid dienone is 3. The number of carbonyl (C=O) groups is 1. The van der Waals surface area contributed by atoms with Crippen molar-refractivity contribution in [2.75, 3.05) is 6.54 Å². The second-order valence-electron chi connectivity index (χ2n) is 7.91. The van der Waals surface area contributed by atoms with Crippen LogP contribution in [0.3, 0.4) is 0 Å². The minimum Gasteiger partial charge on any atom is -0.444 e. The van der Waals surface area contributed by atoms with Crippen LogP contribution in [0.25, 0.3) is 0 Å². The topological polar surface area (TPSA) is 41.9 Å². The van der Waals surface area contributed by atoms with E-state index in [9.17, 15) is 4.79 Å². The smallest absolute Gasteiger partial charge is 0.410 e. The summed E-state index contributed by atoms with van der Waals surface area (Å²) in [4.78, 5) is 19.0. The van der Waals surface area contributed by atoms with E-state index in [0.717, 1.165) is 37.9 Å². The van der Waals surface area contributed by atoms with E-state index >= 15 is 0 Å². The van der Waals surface area contributed by atoms with Crippen molar-refractivity contribution in [1.82, 2.24) is 4.90 Å². The number of rotatable bonds is 3. The van der Waals surface area contributed by atoms with Gasteiger partial charge in [-0.25, -0.2) is 4.79 Å². The molecule has 0 aromatic heterocycles. The fourth-order valence-electron chi connectivity index (χ4n) is 3.42. The molecule has 26 heavy (non-hydrogen) atoms. The summed E-state index contributed by atoms with van der Waals surface area (Å²) in [6, 6.07) is 10.5. The van der Waals surface area contributed by atoms with E-state index in [-0.39, 0.29) is 12.1 Å². The van der Waals surface area contributed by atoms with Crippen molar-refractivity contribution in [3.8, 4) is 0 Å². The lowest BCUT2D eigenvalue weighted by molar-refractivity contribution is 0.0265. The Balaban J connectivity index is 1.67. The fourth-order valence-corrected chi connectivity index (χ4v) is 3.42. The largest absolute Gasteiger partial charge is 0.444 e. The molecule has 1 saturated heterocycles. The first-order valence-electron chi connectivity index (χ1n) is 9.38. The molecule has 2 aliphatic rings. The van der Waals surface area contributed by atoms with Crippen molar-refractivity contribution in [2.24, 2.45) is 4.99 Å². The second-order valence-corrected chi connectivity index (χ2v) is 7.91. The Morgan fingerprint density at radius 3 is 2.77 bits per heavy atom. The number of hydrogen-bond acceptors (Lipinski definition) is 3. The molecular weight excluding hydrogens is 324 g/mol. The third-order valence-electron chi connectivity index (χ3n) is 4.62. The maximum absolute atomic E-state index is 12.5. The van der Waals surface area contributed by atoms with Gasteiger partial charge < -0.3 is 4.74 Å². The summed E-state index contributed by atoms with van der Waals surface area (Å²) < 4.78 is 5.57. The van der Waals surface area contributed by atoms with Crippen LogP contribution in [0.15, 0.2) is 59.2 Å². The molecule has 0 aliphatic carbocycles. The van der Waals surface area contributed by atoms with E-state index in [4.69, 9.17) is 4.74 Å². The van der Waals surface area contributed by atoms with Crippen LogP contribution >= 0.6 is 0 Å². The van der Waals surface area contributed by atoms with Gasteiger partial charge in [-0.3, -0.25) is 9.89 Å². The molecule has 4 heteroatoms. The van der Waals surface area contributed by atoms with Gasteiger partial charge in [0.05, 0.1) is 6.04 Å². The highest BCUT2D eigenvalue weighted by Crippen LogP contribution is 2.25. The number of hydrogen-bond donors (Lipinski definition) is 0. The van der Waals surface area contributed by atoms with Crippen LogP contribution in [0, 0.1) is 0 Å². The van der Waals surface area contributed by atoms with E-state index in [1.54, 1.807) is 0 Å². The third kappa shape index (κ3) is 4.84. The standard InChI is InChI=1S/C22H28N2O2/c1-22(2,3)26-21(25)24-15-7-10-20(24)19-12-11-18(13-14-23-19)16-17-8-5-4-6-9-17/h4-6,8-9,11,13-14,20H,7,10,12,15-16H2,1-3H3. The van der Waals surface area contributed by atoms with E-state index in [2.05, 4.69) is 41.4 Å². The zero-order chi connectivity index (χ0) is 18.6. The number of aliphatic imine (C=N–C) groups is 1. The highest BCUT2D eigenvalue weighted by atomic mass is 16.6. The van der Waals surface area contributed by atoms with Gasteiger partial charge >= 0.3 is 6.09 Å². The minimum absolute atomic E-state index is 0.0434. The molecule has 0 N–H and O–H groups in total. The van der Waals surface area contributed by atoms with E-state index in [0.29, 0.717) is 0 Å². The van der Waals surface area contributed by atoms with Crippen LogP contribution in [-0.2, 0) is 11.2 Å². The lowest BCUT2D eigenvalue weighted by Crippen LogP contribution is -2.43. The number of carbonyl (C=O) groups excluding carboxylic acids is 1. The van der Waals surface area contributed by atoms with Gasteiger partial charge in [-0.05, 0) is 57.2 Å². The predicted octanol–water partition coefficient (Wildman–Crippen LogP) is 4.91. The Bertz CT molecular complexity index is 726. The molecule has 1 aromatic carbocycles. The fraction of sp³-hybridized carbons (Fsp3) is 0.455. The van der Waals surface area contributed by atoms with Crippen molar-refractivity contribution >= 4 is 11.8 Å². The summed E-state index contributed by atoms with van der Waals surface area (Å²) in [7, 11) is 0. The highest BCUT2D eigenvalue weighted by molar-refractivity contribution is 5.94. The Morgan fingerprint density at radius 2 is 2.04 bits per heavy atom. The first kappa shape index (κ1) is 18.4. The summed E-state index contributed by atoms with van der Waals surface area (Å²) in [5.74, 6) is 0. The summed E-state index contributed by atoms with van der Waals surface area (Å²) >= 11 is 0. The summed E-state index contributed by atoms with van der Waals surface area (Å²) in [6.07, 6.45) is 9.58. The van der Waals surface area contributed by atoms with Crippen LogP contribution in [0.2, 0.25) is 0 Å². The molecule has 1 aromatic rings. The molecule has 4 nitrogen and oxygen atoms in total. The van der Waals surface area contributed by atoms with Gasteiger partial charge in [0.15, 0.2) is 0 Å². The van der Waals surface area contributed by atoms with Crippen molar-refractivity contribution in [3.05, 3.63) is 59.8 Å². The Kier molecular flexibility index (Phi) is 5.60. The SMILES string of the molecule is CC(C)(C)OC(=O)N1CCCC1C1=NC=CC(Cc2ccccc2)=CC1. The average molecular weight is 352 g/mol. The van der Waals surface area contributed by atoms with Crippen LogP contribution < -0.4 is 0 Å². The van der Waals surface area contributed by atoms with Crippen LogP contribution in [0.5, 0.6) is 0 Å². The number of likely N-dealkylation sites (tertiary alicyclic amines) is 1. The summed E-state index contributed by atoms with van der Waals surface area (Å²) in [5.41, 5.74) is 3.13. The maximum atomic E-state index is 12.5. The molecule has 0 radical (unpaired) electrons. The van der Waals surface area contributed by atoms with Gasteiger partial charge in [0.1, 0.15) is 5.60 Å². The molecule has 0 bridgehead atoms. The number of ether oxygens (including phenoxy) is 1. The molecule has 1 unspecified atom stereocenters. The molecule has 138 valence electrons. The second kappa shape index (κ2) is 7.90. The van der Waals surface area contributed by atoms with Crippen LogP contribution in [0.4, 0.5) is 4.79 Å². The number of amides is 1. The monoisotopic (exact) mass is 352 g/mol. The quantitative estimate of drug-likeness (QED) is 0.775. The highest BCUT2D eigenvalue weighted by Gasteiger charge is 2.34. The van der Waals surface area contributed by atoms with Crippen molar-refractivity contribution in [1.29, 1.82) is 0 Å². The van der Waals surface area contributed by atoms with E-state index in [1.165, 1.54) is 11.1 Å². The van der Waals surface area contributed by atoms with Crippen molar-refractivity contribution < 1.29 is 9.53 Å². The van der Waals surface area contributed by atoms with Crippen molar-refractivity contribution in [3.63, 3.8) is 0 Å². The lowest BCUT2D eigenvalue weighted by atomic mass is 10.0. The third-order valence-corrected chi connectivity index (χ3v) is 4.62. The maximum Gasteiger partial charge on any atom is 0.410 e. The average Bonchev–Trinajstić information content (AvgIpc) is 2.96. The Hall–Kier alpha value is -2.36. The number of nitrogens with zero attached hydrogens (tertiary/aromatic N) is 2. The Morgan fingerprint density at radius 1 is 1.27 bits per heavy atom. The van der Waals surface area contributed by atoms with E-state index in [1.807, 2.05) is 37.9 Å². The zero-order valence-electron chi connectivity index (χ0n) is 15.9. The molecule has 2 aliphatic heterocycles. The molecule has 0 spiro atoms. The molecule has 1 amide bonds. The van der Waals surface area contributed by atoms with Gasteiger partial charge in [-0.1, -0.05) is 36.4 Å². The summed E-state index contributed by atoms with van der Waals surface area (Å²) in [6.45, 7) is 6.45. The van der Waals surface area contributed by atoms with Gasteiger partial charge in [-0.2, -0.15) is 0 Å². The van der Waals surface area contributed by atoms with Gasteiger partial charge in [0.2, 0.25) is 0 Å². The summed E-state index contributed by atoms with van der Waals surface area (Å²) in [5, 5.41) is 0. The first-order valence-corrected chi connectivity index (χ1v) is 9.38. The van der Waals surface area contributed by atoms with Gasteiger partial charge in [-0.15, -0.1) is 0 Å². The molecule has 1 atom stereocenters. The normalized spacial score (nSPS) is 20.4. The van der Waals surface area contributed by atoms with E-state index < -0.39 is 5.60 Å². The zero-order valence-corrected chi connectivity index (χ0v) is 15.9. The minimum atomic E-state index is -0.474. The molecular formula is C22H28N2O2.